The van der Waals surface area contributed by atoms with E-state index in [9.17, 15) is 9.59 Å². The van der Waals surface area contributed by atoms with Crippen molar-refractivity contribution in [3.8, 4) is 22.9 Å². The van der Waals surface area contributed by atoms with Crippen molar-refractivity contribution in [3.05, 3.63) is 71.5 Å². The van der Waals surface area contributed by atoms with Crippen molar-refractivity contribution in [3.63, 3.8) is 0 Å². The van der Waals surface area contributed by atoms with E-state index in [2.05, 4.69) is 9.97 Å². The third-order valence-electron chi connectivity index (χ3n) is 5.28. The molecule has 0 unspecified atom stereocenters. The molecule has 7 heteroatoms. The van der Waals surface area contributed by atoms with Gasteiger partial charge in [-0.3, -0.25) is 9.59 Å². The van der Waals surface area contributed by atoms with E-state index in [1.165, 1.54) is 0 Å². The van der Waals surface area contributed by atoms with Crippen LogP contribution in [0.3, 0.4) is 0 Å². The van der Waals surface area contributed by atoms with E-state index >= 15 is 0 Å². The topological polar surface area (TPSA) is 121 Å². The minimum absolute atomic E-state index is 0.116. The van der Waals surface area contributed by atoms with Crippen LogP contribution in [0.4, 0.5) is 0 Å². The Bertz CT molecular complexity index is 1090. The normalized spacial score (nSPS) is 11.9. The lowest BCUT2D eigenvalue weighted by Gasteiger charge is -2.17. The Morgan fingerprint density at radius 3 is 2.06 bits per heavy atom. The van der Waals surface area contributed by atoms with Crippen LogP contribution in [-0.2, 0) is 11.2 Å². The minimum Gasteiger partial charge on any atom is -0.457 e. The van der Waals surface area contributed by atoms with Gasteiger partial charge in [-0.2, -0.15) is 0 Å². The van der Waals surface area contributed by atoms with Gasteiger partial charge < -0.3 is 16.2 Å². The van der Waals surface area contributed by atoms with E-state index in [4.69, 9.17) is 16.2 Å². The fourth-order valence-electron chi connectivity index (χ4n) is 3.40. The van der Waals surface area contributed by atoms with Gasteiger partial charge in [0, 0.05) is 17.2 Å². The molecule has 7 nitrogen and oxygen atoms in total. The van der Waals surface area contributed by atoms with E-state index in [1.807, 2.05) is 69.3 Å². The molecule has 0 aliphatic carbocycles. The van der Waals surface area contributed by atoms with E-state index in [1.54, 1.807) is 6.07 Å². The van der Waals surface area contributed by atoms with Gasteiger partial charge in [-0.1, -0.05) is 31.5 Å². The molecule has 0 saturated heterocycles. The molecule has 0 saturated carbocycles. The number of aromatic nitrogens is 2. The first kappa shape index (κ1) is 22.9. The van der Waals surface area contributed by atoms with Gasteiger partial charge in [-0.15, -0.1) is 0 Å². The van der Waals surface area contributed by atoms with Crippen LogP contribution in [0.2, 0.25) is 0 Å². The van der Waals surface area contributed by atoms with E-state index in [-0.39, 0.29) is 23.4 Å². The molecule has 166 valence electrons. The highest BCUT2D eigenvalue weighted by atomic mass is 16.5. The first-order valence-electron chi connectivity index (χ1n) is 10.5. The third-order valence-corrected chi connectivity index (χ3v) is 5.28. The maximum atomic E-state index is 11.8. The standard InChI is InChI=1S/C25H28N4O3/c1-15(2)21(23(26)30)13-8-18-14-22(24(27)31)29-25(28-18)17-6-11-20(12-7-17)32-19-9-4-16(3)5-10-19/h4-7,9-12,14-15,21H,8,13H2,1-3H3,(H2,26,30)(H2,27,31)/t21-/m0/s1. The highest BCUT2D eigenvalue weighted by Crippen LogP contribution is 2.25. The molecule has 3 rings (SSSR count). The van der Waals surface area contributed by atoms with Gasteiger partial charge in [-0.25, -0.2) is 9.97 Å². The molecular formula is C25H28N4O3. The largest absolute Gasteiger partial charge is 0.457 e. The summed E-state index contributed by atoms with van der Waals surface area (Å²) in [6.45, 7) is 5.93. The second kappa shape index (κ2) is 10.0. The highest BCUT2D eigenvalue weighted by Gasteiger charge is 2.20. The number of nitrogens with two attached hydrogens (primary N) is 2. The Labute approximate surface area is 187 Å². The van der Waals surface area contributed by atoms with Crippen LogP contribution in [0.25, 0.3) is 11.4 Å². The molecule has 4 N–H and O–H groups in total. The Hall–Kier alpha value is -3.74. The number of nitrogens with zero attached hydrogens (tertiary/aromatic N) is 2. The van der Waals surface area contributed by atoms with Gasteiger partial charge >= 0.3 is 0 Å². The van der Waals surface area contributed by atoms with Gasteiger partial charge in [-0.05, 0) is 68.1 Å². The van der Waals surface area contributed by atoms with Crippen molar-refractivity contribution in [1.29, 1.82) is 0 Å². The minimum atomic E-state index is -0.635. The maximum absolute atomic E-state index is 11.8. The van der Waals surface area contributed by atoms with Gasteiger partial charge in [0.2, 0.25) is 5.91 Å². The number of aryl methyl sites for hydroxylation is 2. The Balaban J connectivity index is 1.82. The number of carbonyl (C=O) groups excluding carboxylic acids is 2. The molecular weight excluding hydrogens is 404 g/mol. The molecule has 0 radical (unpaired) electrons. The summed E-state index contributed by atoms with van der Waals surface area (Å²) in [6, 6.07) is 16.6. The third kappa shape index (κ3) is 5.91. The van der Waals surface area contributed by atoms with Gasteiger partial charge in [0.05, 0.1) is 0 Å². The summed E-state index contributed by atoms with van der Waals surface area (Å²) in [5.74, 6) is 0.669. The maximum Gasteiger partial charge on any atom is 0.267 e. The number of hydrogen-bond acceptors (Lipinski definition) is 5. The summed E-state index contributed by atoms with van der Waals surface area (Å²) in [4.78, 5) is 32.4. The van der Waals surface area contributed by atoms with Crippen LogP contribution >= 0.6 is 0 Å². The molecule has 2 amide bonds. The molecule has 0 aliphatic heterocycles. The Morgan fingerprint density at radius 1 is 0.938 bits per heavy atom. The number of carbonyl (C=O) groups is 2. The van der Waals surface area contributed by atoms with Gasteiger partial charge in [0.1, 0.15) is 17.2 Å². The van der Waals surface area contributed by atoms with Crippen LogP contribution in [0.15, 0.2) is 54.6 Å². The molecule has 2 aromatic carbocycles. The summed E-state index contributed by atoms with van der Waals surface area (Å²) in [7, 11) is 0. The zero-order valence-corrected chi connectivity index (χ0v) is 18.5. The van der Waals surface area contributed by atoms with Gasteiger partial charge in [0.15, 0.2) is 5.82 Å². The summed E-state index contributed by atoms with van der Waals surface area (Å²) in [5, 5.41) is 0. The molecule has 0 spiro atoms. The molecule has 0 bridgehead atoms. The van der Waals surface area contributed by atoms with Gasteiger partial charge in [0.25, 0.3) is 5.91 Å². The van der Waals surface area contributed by atoms with Crippen molar-refractivity contribution >= 4 is 11.8 Å². The lowest BCUT2D eigenvalue weighted by atomic mass is 9.90. The SMILES string of the molecule is Cc1ccc(Oc2ccc(-c3nc(CC[C@H](C(N)=O)C(C)C)cc(C(N)=O)n3)cc2)cc1. The van der Waals surface area contributed by atoms with E-state index in [0.717, 1.165) is 16.9 Å². The average molecular weight is 433 g/mol. The smallest absolute Gasteiger partial charge is 0.267 e. The number of hydrogen-bond donors (Lipinski definition) is 2. The molecule has 1 heterocycles. The number of primary amides is 2. The van der Waals surface area contributed by atoms with Crippen LogP contribution in [0, 0.1) is 18.8 Å². The molecule has 3 aromatic rings. The van der Waals surface area contributed by atoms with Crippen LogP contribution in [0.5, 0.6) is 11.5 Å². The van der Waals surface area contributed by atoms with Crippen molar-refractivity contribution in [2.24, 2.45) is 23.3 Å². The monoisotopic (exact) mass is 432 g/mol. The first-order valence-corrected chi connectivity index (χ1v) is 10.5. The lowest BCUT2D eigenvalue weighted by molar-refractivity contribution is -0.123. The van der Waals surface area contributed by atoms with Crippen LogP contribution < -0.4 is 16.2 Å². The molecule has 0 aliphatic rings. The number of rotatable bonds is 9. The molecule has 1 atom stereocenters. The Morgan fingerprint density at radius 2 is 1.53 bits per heavy atom. The summed E-state index contributed by atoms with van der Waals surface area (Å²) in [5.41, 5.74) is 13.6. The first-order chi connectivity index (χ1) is 15.2. The van der Waals surface area contributed by atoms with Crippen LogP contribution in [-0.4, -0.2) is 21.8 Å². The van der Waals surface area contributed by atoms with Crippen molar-refractivity contribution in [1.82, 2.24) is 9.97 Å². The van der Waals surface area contributed by atoms with E-state index < -0.39 is 5.91 Å². The number of amides is 2. The molecule has 0 fully saturated rings. The summed E-state index contributed by atoms with van der Waals surface area (Å²) in [6.07, 6.45) is 1.02. The summed E-state index contributed by atoms with van der Waals surface area (Å²) < 4.78 is 5.86. The van der Waals surface area contributed by atoms with Crippen molar-refractivity contribution in [2.75, 3.05) is 0 Å². The highest BCUT2D eigenvalue weighted by molar-refractivity contribution is 5.91. The second-order valence-electron chi connectivity index (χ2n) is 8.16. The van der Waals surface area contributed by atoms with Crippen molar-refractivity contribution < 1.29 is 14.3 Å². The second-order valence-corrected chi connectivity index (χ2v) is 8.16. The zero-order chi connectivity index (χ0) is 23.3. The van der Waals surface area contributed by atoms with E-state index in [0.29, 0.717) is 30.1 Å². The van der Waals surface area contributed by atoms with Crippen LogP contribution in [0.1, 0.15) is 42.0 Å². The predicted octanol–water partition coefficient (Wildman–Crippen LogP) is 4.03. The Kier molecular flexibility index (Phi) is 7.20. The lowest BCUT2D eigenvalue weighted by Crippen LogP contribution is -2.28. The van der Waals surface area contributed by atoms with Crippen molar-refractivity contribution in [2.45, 2.75) is 33.6 Å². The molecule has 1 aromatic heterocycles. The fourth-order valence-corrected chi connectivity index (χ4v) is 3.40. The molecule has 32 heavy (non-hydrogen) atoms. The number of benzene rings is 2. The average Bonchev–Trinajstić information content (AvgIpc) is 2.75. The quantitative estimate of drug-likeness (QED) is 0.529. The number of ether oxygens (including phenoxy) is 1. The predicted molar refractivity (Wildman–Crippen MR) is 123 cm³/mol. The summed E-state index contributed by atoms with van der Waals surface area (Å²) >= 11 is 0. The fraction of sp³-hybridized carbons (Fsp3) is 0.280. The zero-order valence-electron chi connectivity index (χ0n) is 18.5.